The number of aromatic nitrogens is 5. The lowest BCUT2D eigenvalue weighted by Crippen LogP contribution is -2.45. The van der Waals surface area contributed by atoms with Gasteiger partial charge < -0.3 is 10.1 Å². The lowest BCUT2D eigenvalue weighted by molar-refractivity contribution is 0.163. The van der Waals surface area contributed by atoms with Gasteiger partial charge in [-0.05, 0) is 48.5 Å². The number of alkyl halides is 2. The van der Waals surface area contributed by atoms with Gasteiger partial charge in [0.15, 0.2) is 11.6 Å². The number of benzene rings is 2. The van der Waals surface area contributed by atoms with E-state index in [1.54, 1.807) is 60.5 Å². The summed E-state index contributed by atoms with van der Waals surface area (Å²) in [6.45, 7) is 3.61. The maximum Gasteiger partial charge on any atom is 0.335 e. The molecule has 0 aliphatic carbocycles. The number of methoxy groups -OCH3 is 1. The first kappa shape index (κ1) is 25.5. The number of H-pyrrole nitrogens is 1. The number of nitrogens with zero attached hydrogens (tertiary/aromatic N) is 6. The molecule has 1 aliphatic rings. The van der Waals surface area contributed by atoms with Crippen LogP contribution in [0.5, 0.6) is 5.75 Å². The zero-order valence-corrected chi connectivity index (χ0v) is 20.5. The zero-order chi connectivity index (χ0) is 26.4. The van der Waals surface area contributed by atoms with E-state index in [2.05, 4.69) is 30.5 Å². The van der Waals surface area contributed by atoms with Gasteiger partial charge in [-0.15, -0.1) is 0 Å². The molecule has 0 saturated heterocycles. The quantitative estimate of drug-likeness (QED) is 0.351. The van der Waals surface area contributed by atoms with Crippen molar-refractivity contribution in [3.8, 4) is 17.1 Å². The molecule has 0 atom stereocenters. The largest absolute Gasteiger partial charge is 0.497 e. The molecule has 10 nitrogen and oxygen atoms in total. The molecule has 2 N–H and O–H groups in total. The molecular formula is C25H26F2N8O2. The molecule has 0 bridgehead atoms. The van der Waals surface area contributed by atoms with Gasteiger partial charge in [0, 0.05) is 23.0 Å². The molecule has 2 amide bonds. The molecule has 37 heavy (non-hydrogen) atoms. The number of anilines is 4. The van der Waals surface area contributed by atoms with Crippen LogP contribution in [0.15, 0.2) is 61.1 Å². The van der Waals surface area contributed by atoms with E-state index >= 15 is 0 Å². The van der Waals surface area contributed by atoms with Crippen LogP contribution in [0.1, 0.15) is 19.4 Å². The predicted octanol–water partition coefficient (Wildman–Crippen LogP) is 5.25. The number of ether oxygens (including phenoxy) is 1. The Bertz CT molecular complexity index is 1320. The molecule has 4 aromatic rings. The third-order valence-corrected chi connectivity index (χ3v) is 5.42. The second-order valence-corrected chi connectivity index (χ2v) is 7.60. The van der Waals surface area contributed by atoms with E-state index in [0.717, 1.165) is 5.56 Å². The van der Waals surface area contributed by atoms with Crippen LogP contribution in [0.3, 0.4) is 0 Å². The van der Waals surface area contributed by atoms with E-state index in [4.69, 9.17) is 4.74 Å². The van der Waals surface area contributed by atoms with Crippen molar-refractivity contribution < 1.29 is 18.3 Å². The van der Waals surface area contributed by atoms with Gasteiger partial charge in [-0.1, -0.05) is 13.8 Å². The van der Waals surface area contributed by atoms with E-state index < -0.39 is 13.0 Å². The minimum absolute atomic E-state index is 0.0121. The number of fused-ring (bicyclic) bond motifs is 1. The van der Waals surface area contributed by atoms with E-state index in [9.17, 15) is 13.6 Å². The number of hydrogen-bond acceptors (Lipinski definition) is 7. The van der Waals surface area contributed by atoms with Crippen LogP contribution in [0, 0.1) is 0 Å². The van der Waals surface area contributed by atoms with Crippen LogP contribution < -0.4 is 19.9 Å². The molecule has 1 aliphatic heterocycles. The fourth-order valence-corrected chi connectivity index (χ4v) is 3.72. The van der Waals surface area contributed by atoms with Gasteiger partial charge in [-0.2, -0.15) is 10.1 Å². The van der Waals surface area contributed by atoms with Crippen LogP contribution in [-0.4, -0.2) is 51.3 Å². The highest BCUT2D eigenvalue weighted by Crippen LogP contribution is 2.37. The standard InChI is InChI=1S/C23H20F2N8O2.C2H6/c1-35-18-8-6-16(7-9-18)32-12-15-10-26-22(27-11-19(24)25)30-21(15)33(23(32)34)17-4-2-14(3-5-17)20-28-13-29-31-20;1-2/h2-10,13,19H,11-12H2,1H3,(H,26,27,30)(H,28,29,31);1-2H3. The van der Waals surface area contributed by atoms with Crippen LogP contribution in [-0.2, 0) is 6.54 Å². The molecule has 0 fully saturated rings. The molecular weight excluding hydrogens is 482 g/mol. The first-order valence-electron chi connectivity index (χ1n) is 11.6. The topological polar surface area (TPSA) is 112 Å². The maximum absolute atomic E-state index is 13.7. The summed E-state index contributed by atoms with van der Waals surface area (Å²) in [5, 5.41) is 9.16. The normalized spacial score (nSPS) is 12.6. The van der Waals surface area contributed by atoms with Crippen LogP contribution in [0.25, 0.3) is 11.4 Å². The molecule has 0 spiro atoms. The SMILES string of the molecule is CC.COc1ccc(N2Cc3cnc(NCC(F)F)nc3N(c3ccc(-c4ncn[nH]4)cc3)C2=O)cc1. The third-order valence-electron chi connectivity index (χ3n) is 5.42. The molecule has 5 rings (SSSR count). The smallest absolute Gasteiger partial charge is 0.335 e. The number of hydrogen-bond donors (Lipinski definition) is 2. The molecule has 2 aromatic heterocycles. The summed E-state index contributed by atoms with van der Waals surface area (Å²) in [7, 11) is 1.57. The van der Waals surface area contributed by atoms with Crippen LogP contribution >= 0.6 is 0 Å². The van der Waals surface area contributed by atoms with Crippen LogP contribution in [0.4, 0.5) is 36.7 Å². The highest BCUT2D eigenvalue weighted by molar-refractivity contribution is 6.10. The number of halogens is 2. The van der Waals surface area contributed by atoms with Gasteiger partial charge >= 0.3 is 6.03 Å². The predicted molar refractivity (Wildman–Crippen MR) is 136 cm³/mol. The first-order chi connectivity index (χ1) is 18.0. The van der Waals surface area contributed by atoms with E-state index in [0.29, 0.717) is 34.3 Å². The van der Waals surface area contributed by atoms with Crippen molar-refractivity contribution in [2.75, 3.05) is 28.8 Å². The fourth-order valence-electron chi connectivity index (χ4n) is 3.72. The van der Waals surface area contributed by atoms with Crippen molar-refractivity contribution in [1.29, 1.82) is 0 Å². The van der Waals surface area contributed by atoms with Crippen molar-refractivity contribution in [2.24, 2.45) is 0 Å². The molecule has 192 valence electrons. The molecule has 0 saturated carbocycles. The minimum Gasteiger partial charge on any atom is -0.497 e. The summed E-state index contributed by atoms with van der Waals surface area (Å²) >= 11 is 0. The number of nitrogens with one attached hydrogen (secondary N) is 2. The minimum atomic E-state index is -2.57. The summed E-state index contributed by atoms with van der Waals surface area (Å²) in [5.74, 6) is 1.58. The number of rotatable bonds is 7. The Morgan fingerprint density at radius 1 is 1.05 bits per heavy atom. The molecule has 3 heterocycles. The van der Waals surface area contributed by atoms with E-state index in [1.807, 2.05) is 13.8 Å². The number of aromatic amines is 1. The van der Waals surface area contributed by atoms with Crippen molar-refractivity contribution >= 4 is 29.2 Å². The second-order valence-electron chi connectivity index (χ2n) is 7.60. The lowest BCUT2D eigenvalue weighted by atomic mass is 10.1. The lowest BCUT2D eigenvalue weighted by Gasteiger charge is -2.36. The maximum atomic E-state index is 13.7. The third kappa shape index (κ3) is 5.47. The van der Waals surface area contributed by atoms with Crippen molar-refractivity contribution in [1.82, 2.24) is 25.1 Å². The second kappa shape index (κ2) is 11.4. The van der Waals surface area contributed by atoms with Gasteiger partial charge in [0.25, 0.3) is 6.43 Å². The summed E-state index contributed by atoms with van der Waals surface area (Å²) < 4.78 is 30.6. The molecule has 0 unspecified atom stereocenters. The number of carbonyl (C=O) groups excluding carboxylic acids is 1. The summed E-state index contributed by atoms with van der Waals surface area (Å²) in [5.41, 5.74) is 2.63. The Balaban J connectivity index is 0.00000156. The van der Waals surface area contributed by atoms with Crippen molar-refractivity contribution in [2.45, 2.75) is 26.8 Å². The highest BCUT2D eigenvalue weighted by Gasteiger charge is 2.34. The average Bonchev–Trinajstić information content (AvgIpc) is 3.48. The fraction of sp³-hybridized carbons (Fsp3) is 0.240. The van der Waals surface area contributed by atoms with Gasteiger partial charge in [0.1, 0.15) is 12.1 Å². The number of amides is 2. The van der Waals surface area contributed by atoms with Crippen molar-refractivity contribution in [3.05, 3.63) is 66.6 Å². The van der Waals surface area contributed by atoms with Crippen molar-refractivity contribution in [3.63, 3.8) is 0 Å². The Kier molecular flexibility index (Phi) is 7.86. The monoisotopic (exact) mass is 508 g/mol. The highest BCUT2D eigenvalue weighted by atomic mass is 19.3. The summed E-state index contributed by atoms with van der Waals surface area (Å²) in [6.07, 6.45) is 0.377. The van der Waals surface area contributed by atoms with E-state index in [1.165, 1.54) is 17.4 Å². The number of carbonyl (C=O) groups is 1. The zero-order valence-electron chi connectivity index (χ0n) is 20.5. The van der Waals surface area contributed by atoms with Gasteiger partial charge in [-0.3, -0.25) is 10.00 Å². The summed E-state index contributed by atoms with van der Waals surface area (Å²) in [4.78, 5) is 29.4. The Morgan fingerprint density at radius 2 is 1.76 bits per heavy atom. The Morgan fingerprint density at radius 3 is 2.38 bits per heavy atom. The molecule has 12 heteroatoms. The van der Waals surface area contributed by atoms with Gasteiger partial charge in [0.2, 0.25) is 5.95 Å². The van der Waals surface area contributed by atoms with Gasteiger partial charge in [-0.25, -0.2) is 28.4 Å². The molecule has 2 aromatic carbocycles. The number of urea groups is 1. The summed E-state index contributed by atoms with van der Waals surface area (Å²) in [6, 6.07) is 13.9. The van der Waals surface area contributed by atoms with Crippen LogP contribution in [0.2, 0.25) is 0 Å². The Labute approximate surface area is 212 Å². The first-order valence-corrected chi connectivity index (χ1v) is 11.6. The van der Waals surface area contributed by atoms with E-state index in [-0.39, 0.29) is 18.5 Å². The molecule has 0 radical (unpaired) electrons. The average molecular weight is 509 g/mol. The van der Waals surface area contributed by atoms with Gasteiger partial charge in [0.05, 0.1) is 25.9 Å². The Hall–Kier alpha value is -4.61.